The molecule has 1 aromatic carbocycles. The molecule has 1 aliphatic heterocycles. The molecule has 7 heteroatoms. The molecule has 2 aromatic rings. The number of benzene rings is 1. The molecule has 0 saturated carbocycles. The Bertz CT molecular complexity index is 801. The molecule has 0 atom stereocenters. The van der Waals surface area contributed by atoms with Crippen LogP contribution in [0.5, 0.6) is 0 Å². The first kappa shape index (κ1) is 18.8. The third kappa shape index (κ3) is 4.81. The summed E-state index contributed by atoms with van der Waals surface area (Å²) < 4.78 is 5.04. The van der Waals surface area contributed by atoms with Gasteiger partial charge in [0, 0.05) is 19.2 Å². The number of aromatic nitrogens is 2. The van der Waals surface area contributed by atoms with Gasteiger partial charge in [-0.25, -0.2) is 14.8 Å². The first-order valence-electron chi connectivity index (χ1n) is 9.33. The van der Waals surface area contributed by atoms with E-state index < -0.39 is 5.97 Å². The zero-order valence-electron chi connectivity index (χ0n) is 15.5. The normalized spacial score (nSPS) is 14.3. The van der Waals surface area contributed by atoms with Gasteiger partial charge in [0.1, 0.15) is 17.8 Å². The lowest BCUT2D eigenvalue weighted by molar-refractivity contribution is 0.0527. The summed E-state index contributed by atoms with van der Waals surface area (Å²) in [7, 11) is 0. The number of amides is 1. The molecular formula is C20H24N4O3. The van der Waals surface area contributed by atoms with Crippen LogP contribution in [0.15, 0.2) is 36.7 Å². The number of carbonyl (C=O) groups is 2. The molecule has 142 valence electrons. The molecule has 1 fully saturated rings. The molecule has 0 aliphatic carbocycles. The number of hydrogen-bond acceptors (Lipinski definition) is 6. The van der Waals surface area contributed by atoms with Gasteiger partial charge in [-0.15, -0.1) is 0 Å². The van der Waals surface area contributed by atoms with E-state index in [1.54, 1.807) is 37.3 Å². The molecule has 0 bridgehead atoms. The molecule has 1 amide bonds. The fraction of sp³-hybridized carbons (Fsp3) is 0.400. The lowest BCUT2D eigenvalue weighted by atomic mass is 10.1. The van der Waals surface area contributed by atoms with Crippen LogP contribution in [-0.4, -0.2) is 41.5 Å². The smallest absolute Gasteiger partial charge is 0.340 e. The molecule has 0 spiro atoms. The molecule has 27 heavy (non-hydrogen) atoms. The Morgan fingerprint density at radius 3 is 2.59 bits per heavy atom. The van der Waals surface area contributed by atoms with Gasteiger partial charge in [0.05, 0.1) is 17.9 Å². The highest BCUT2D eigenvalue weighted by Gasteiger charge is 2.17. The third-order valence-electron chi connectivity index (χ3n) is 4.49. The van der Waals surface area contributed by atoms with Crippen molar-refractivity contribution in [3.05, 3.63) is 47.9 Å². The predicted molar refractivity (Wildman–Crippen MR) is 103 cm³/mol. The van der Waals surface area contributed by atoms with Gasteiger partial charge in [-0.3, -0.25) is 4.79 Å². The van der Waals surface area contributed by atoms with Crippen LogP contribution in [0.2, 0.25) is 0 Å². The van der Waals surface area contributed by atoms with Crippen molar-refractivity contribution < 1.29 is 14.3 Å². The van der Waals surface area contributed by atoms with Gasteiger partial charge in [0.25, 0.3) is 5.91 Å². The minimum absolute atomic E-state index is 0.267. The second-order valence-electron chi connectivity index (χ2n) is 6.38. The SMILES string of the molecule is CCOC(=O)c1ccccc1NC(=O)c1cc(N2CCCCCC2)ncn1. The van der Waals surface area contributed by atoms with E-state index in [0.717, 1.165) is 31.7 Å². The number of nitrogens with zero attached hydrogens (tertiary/aromatic N) is 3. The van der Waals surface area contributed by atoms with Crippen LogP contribution in [0, 0.1) is 0 Å². The fourth-order valence-electron chi connectivity index (χ4n) is 3.11. The highest BCUT2D eigenvalue weighted by atomic mass is 16.5. The van der Waals surface area contributed by atoms with E-state index in [4.69, 9.17) is 4.74 Å². The van der Waals surface area contributed by atoms with Crippen LogP contribution in [0.25, 0.3) is 0 Å². The maximum Gasteiger partial charge on any atom is 0.340 e. The lowest BCUT2D eigenvalue weighted by Gasteiger charge is -2.21. The second kappa shape index (κ2) is 9.12. The molecule has 1 aromatic heterocycles. The van der Waals surface area contributed by atoms with Crippen LogP contribution >= 0.6 is 0 Å². The topological polar surface area (TPSA) is 84.4 Å². The zero-order chi connectivity index (χ0) is 19.1. The summed E-state index contributed by atoms with van der Waals surface area (Å²) in [5, 5.41) is 2.76. The number of carbonyl (C=O) groups excluding carboxylic acids is 2. The van der Waals surface area contributed by atoms with Crippen LogP contribution in [-0.2, 0) is 4.74 Å². The summed E-state index contributed by atoms with van der Waals surface area (Å²) in [5.41, 5.74) is 0.980. The predicted octanol–water partition coefficient (Wildman–Crippen LogP) is 3.29. The fourth-order valence-corrected chi connectivity index (χ4v) is 3.11. The standard InChI is InChI=1S/C20H24N4O3/c1-2-27-20(26)15-9-5-6-10-16(15)23-19(25)17-13-18(22-14-21-17)24-11-7-3-4-8-12-24/h5-6,9-10,13-14H,2-4,7-8,11-12H2,1H3,(H,23,25). The largest absolute Gasteiger partial charge is 0.462 e. The van der Waals surface area contributed by atoms with Gasteiger partial charge in [-0.2, -0.15) is 0 Å². The summed E-state index contributed by atoms with van der Waals surface area (Å²) in [4.78, 5) is 35.4. The Morgan fingerprint density at radius 1 is 1.11 bits per heavy atom. The Morgan fingerprint density at radius 2 is 1.85 bits per heavy atom. The van der Waals surface area contributed by atoms with E-state index in [0.29, 0.717) is 11.3 Å². The van der Waals surface area contributed by atoms with Crippen molar-refractivity contribution in [2.75, 3.05) is 29.9 Å². The van der Waals surface area contributed by atoms with E-state index in [2.05, 4.69) is 20.2 Å². The number of ether oxygens (including phenoxy) is 1. The molecule has 7 nitrogen and oxygen atoms in total. The van der Waals surface area contributed by atoms with E-state index in [-0.39, 0.29) is 18.2 Å². The number of esters is 1. The first-order valence-corrected chi connectivity index (χ1v) is 9.33. The monoisotopic (exact) mass is 368 g/mol. The molecule has 0 unspecified atom stereocenters. The van der Waals surface area contributed by atoms with E-state index >= 15 is 0 Å². The number of rotatable bonds is 5. The van der Waals surface area contributed by atoms with Crippen molar-refractivity contribution in [1.29, 1.82) is 0 Å². The maximum absolute atomic E-state index is 12.7. The first-order chi connectivity index (χ1) is 13.2. The van der Waals surface area contributed by atoms with Crippen LogP contribution in [0.1, 0.15) is 53.5 Å². The Hall–Kier alpha value is -2.96. The zero-order valence-corrected chi connectivity index (χ0v) is 15.5. The van der Waals surface area contributed by atoms with E-state index in [9.17, 15) is 9.59 Å². The lowest BCUT2D eigenvalue weighted by Crippen LogP contribution is -2.26. The van der Waals surface area contributed by atoms with Crippen molar-refractivity contribution in [3.63, 3.8) is 0 Å². The average molecular weight is 368 g/mol. The molecule has 1 aliphatic rings. The van der Waals surface area contributed by atoms with Gasteiger partial charge in [-0.1, -0.05) is 25.0 Å². The van der Waals surface area contributed by atoms with Crippen molar-refractivity contribution in [3.8, 4) is 0 Å². The van der Waals surface area contributed by atoms with Gasteiger partial charge < -0.3 is 15.0 Å². The highest BCUT2D eigenvalue weighted by molar-refractivity contribution is 6.07. The van der Waals surface area contributed by atoms with Crippen molar-refractivity contribution in [2.45, 2.75) is 32.6 Å². The minimum atomic E-state index is -0.471. The second-order valence-corrected chi connectivity index (χ2v) is 6.38. The van der Waals surface area contributed by atoms with Crippen molar-refractivity contribution in [1.82, 2.24) is 9.97 Å². The molecule has 2 heterocycles. The number of anilines is 2. The molecule has 0 radical (unpaired) electrons. The Balaban J connectivity index is 1.77. The summed E-state index contributed by atoms with van der Waals surface area (Å²) in [6.45, 7) is 3.88. The average Bonchev–Trinajstić information content (AvgIpc) is 2.98. The molecule has 1 N–H and O–H groups in total. The molecule has 3 rings (SSSR count). The highest BCUT2D eigenvalue weighted by Crippen LogP contribution is 2.20. The Kier molecular flexibility index (Phi) is 6.35. The molecular weight excluding hydrogens is 344 g/mol. The quantitative estimate of drug-likeness (QED) is 0.815. The Labute approximate surface area is 158 Å². The number of para-hydroxylation sites is 1. The summed E-state index contributed by atoms with van der Waals surface area (Å²) >= 11 is 0. The van der Waals surface area contributed by atoms with Crippen LogP contribution in [0.3, 0.4) is 0 Å². The van der Waals surface area contributed by atoms with E-state index in [1.165, 1.54) is 19.2 Å². The third-order valence-corrected chi connectivity index (χ3v) is 4.49. The van der Waals surface area contributed by atoms with Crippen molar-refractivity contribution >= 4 is 23.4 Å². The van der Waals surface area contributed by atoms with Gasteiger partial charge in [-0.05, 0) is 31.9 Å². The number of hydrogen-bond donors (Lipinski definition) is 1. The summed E-state index contributed by atoms with van der Waals surface area (Å²) in [6, 6.07) is 8.47. The van der Waals surface area contributed by atoms with Crippen LogP contribution < -0.4 is 10.2 Å². The van der Waals surface area contributed by atoms with Crippen LogP contribution in [0.4, 0.5) is 11.5 Å². The van der Waals surface area contributed by atoms with Gasteiger partial charge >= 0.3 is 5.97 Å². The molecule has 1 saturated heterocycles. The maximum atomic E-state index is 12.7. The minimum Gasteiger partial charge on any atom is -0.462 e. The van der Waals surface area contributed by atoms with E-state index in [1.807, 2.05) is 0 Å². The number of nitrogens with one attached hydrogen (secondary N) is 1. The summed E-state index contributed by atoms with van der Waals surface area (Å²) in [5.74, 6) is -0.0951. The summed E-state index contributed by atoms with van der Waals surface area (Å²) in [6.07, 6.45) is 6.10. The van der Waals surface area contributed by atoms with Crippen molar-refractivity contribution in [2.24, 2.45) is 0 Å². The van der Waals surface area contributed by atoms with Gasteiger partial charge in [0.15, 0.2) is 0 Å². The van der Waals surface area contributed by atoms with Gasteiger partial charge in [0.2, 0.25) is 0 Å².